The summed E-state index contributed by atoms with van der Waals surface area (Å²) in [5.41, 5.74) is 5.77. The van der Waals surface area contributed by atoms with Crippen LogP contribution in [0.1, 0.15) is 0 Å². The summed E-state index contributed by atoms with van der Waals surface area (Å²) in [5, 5.41) is 3.03. The molecule has 2 heterocycles. The van der Waals surface area contributed by atoms with Gasteiger partial charge in [-0.3, -0.25) is 4.98 Å². The molecule has 0 spiro atoms. The maximum absolute atomic E-state index is 5.65. The van der Waals surface area contributed by atoms with Gasteiger partial charge >= 0.3 is 0 Å². The van der Waals surface area contributed by atoms with Gasteiger partial charge in [0.05, 0.1) is 49.4 Å². The van der Waals surface area contributed by atoms with Crippen molar-refractivity contribution in [1.29, 1.82) is 0 Å². The number of aromatic nitrogens is 3. The van der Waals surface area contributed by atoms with Crippen molar-refractivity contribution in [3.05, 3.63) is 73.1 Å². The fourth-order valence-electron chi connectivity index (χ4n) is 3.27. The number of nitrogens with one attached hydrogen (secondary N) is 1. The van der Waals surface area contributed by atoms with Crippen molar-refractivity contribution in [1.82, 2.24) is 20.3 Å². The standard InChI is InChI=1S/C26H28N4O3/c1-27-12-13-31-14-15-32-16-17-33-26-11-10-22(18-29-26)20-6-8-21(9-7-20)25-19-28-23-4-2-3-5-24(23)30-25/h2-11,18-19,27H,12-17H2,1H3. The monoisotopic (exact) mass is 444 g/mol. The zero-order valence-electron chi connectivity index (χ0n) is 18.7. The van der Waals surface area contributed by atoms with Crippen molar-refractivity contribution in [3.63, 3.8) is 0 Å². The summed E-state index contributed by atoms with van der Waals surface area (Å²) < 4.78 is 16.5. The quantitative estimate of drug-likeness (QED) is 0.331. The molecule has 0 amide bonds. The minimum atomic E-state index is 0.449. The van der Waals surface area contributed by atoms with Gasteiger partial charge < -0.3 is 19.5 Å². The molecule has 0 radical (unpaired) electrons. The number of ether oxygens (including phenoxy) is 3. The maximum Gasteiger partial charge on any atom is 0.213 e. The summed E-state index contributed by atoms with van der Waals surface area (Å²) in [4.78, 5) is 13.6. The first-order chi connectivity index (χ1) is 16.3. The van der Waals surface area contributed by atoms with E-state index < -0.39 is 0 Å². The third-order valence-corrected chi connectivity index (χ3v) is 5.04. The molecule has 170 valence electrons. The molecule has 2 aromatic carbocycles. The summed E-state index contributed by atoms with van der Waals surface area (Å²) >= 11 is 0. The first-order valence-electron chi connectivity index (χ1n) is 11.0. The molecule has 4 rings (SSSR count). The third-order valence-electron chi connectivity index (χ3n) is 5.04. The van der Waals surface area contributed by atoms with E-state index in [0.29, 0.717) is 38.9 Å². The Bertz CT molecular complexity index is 1130. The van der Waals surface area contributed by atoms with Gasteiger partial charge in [0, 0.05) is 29.9 Å². The molecule has 33 heavy (non-hydrogen) atoms. The largest absolute Gasteiger partial charge is 0.475 e. The molecule has 0 aliphatic carbocycles. The molecule has 0 fully saturated rings. The Kier molecular flexibility index (Phi) is 8.30. The smallest absolute Gasteiger partial charge is 0.213 e. The van der Waals surface area contributed by atoms with Crippen LogP contribution >= 0.6 is 0 Å². The number of hydrogen-bond acceptors (Lipinski definition) is 7. The van der Waals surface area contributed by atoms with Crippen LogP contribution < -0.4 is 10.1 Å². The second-order valence-corrected chi connectivity index (χ2v) is 7.38. The van der Waals surface area contributed by atoms with E-state index >= 15 is 0 Å². The Morgan fingerprint density at radius 2 is 1.36 bits per heavy atom. The number of pyridine rings is 1. The molecule has 7 nitrogen and oxygen atoms in total. The van der Waals surface area contributed by atoms with E-state index in [1.165, 1.54) is 0 Å². The van der Waals surface area contributed by atoms with Crippen LogP contribution in [-0.4, -0.2) is 61.6 Å². The van der Waals surface area contributed by atoms with E-state index in [-0.39, 0.29) is 0 Å². The first-order valence-corrected chi connectivity index (χ1v) is 11.0. The van der Waals surface area contributed by atoms with E-state index in [2.05, 4.69) is 39.6 Å². The highest BCUT2D eigenvalue weighted by atomic mass is 16.5. The summed E-state index contributed by atoms with van der Waals surface area (Å²) in [6, 6.07) is 20.0. The van der Waals surface area contributed by atoms with Crippen LogP contribution in [0.4, 0.5) is 0 Å². The molecule has 1 N–H and O–H groups in total. The van der Waals surface area contributed by atoms with Crippen molar-refractivity contribution < 1.29 is 14.2 Å². The van der Waals surface area contributed by atoms with Crippen molar-refractivity contribution in [2.75, 3.05) is 46.6 Å². The van der Waals surface area contributed by atoms with Crippen molar-refractivity contribution in [3.8, 4) is 28.3 Å². The van der Waals surface area contributed by atoms with Crippen molar-refractivity contribution in [2.24, 2.45) is 0 Å². The molecule has 7 heteroatoms. The number of nitrogens with zero attached hydrogens (tertiary/aromatic N) is 3. The third kappa shape index (κ3) is 6.55. The van der Waals surface area contributed by atoms with Crippen LogP contribution in [-0.2, 0) is 9.47 Å². The minimum absolute atomic E-state index is 0.449. The Morgan fingerprint density at radius 3 is 2.12 bits per heavy atom. The maximum atomic E-state index is 5.65. The van der Waals surface area contributed by atoms with Gasteiger partial charge in [-0.1, -0.05) is 36.4 Å². The molecule has 4 aromatic rings. The second-order valence-electron chi connectivity index (χ2n) is 7.38. The van der Waals surface area contributed by atoms with E-state index in [0.717, 1.165) is 40.0 Å². The molecular weight excluding hydrogens is 416 g/mol. The van der Waals surface area contributed by atoms with Gasteiger partial charge in [-0.05, 0) is 30.8 Å². The van der Waals surface area contributed by atoms with E-state index in [4.69, 9.17) is 19.2 Å². The highest BCUT2D eigenvalue weighted by molar-refractivity contribution is 5.77. The molecule has 0 saturated heterocycles. The molecule has 0 aliphatic rings. The molecule has 0 aliphatic heterocycles. The summed E-state index contributed by atoms with van der Waals surface area (Å²) in [7, 11) is 1.90. The molecule has 0 atom stereocenters. The van der Waals surface area contributed by atoms with Crippen LogP contribution in [0.5, 0.6) is 5.88 Å². The lowest BCUT2D eigenvalue weighted by molar-refractivity contribution is 0.0371. The highest BCUT2D eigenvalue weighted by Gasteiger charge is 2.05. The summed E-state index contributed by atoms with van der Waals surface area (Å²) in [6.07, 6.45) is 3.63. The van der Waals surface area contributed by atoms with Crippen LogP contribution in [0.3, 0.4) is 0 Å². The zero-order chi connectivity index (χ0) is 22.7. The number of hydrogen-bond donors (Lipinski definition) is 1. The van der Waals surface area contributed by atoms with E-state index in [9.17, 15) is 0 Å². The van der Waals surface area contributed by atoms with Crippen LogP contribution in [0.25, 0.3) is 33.4 Å². The Hall–Kier alpha value is -3.39. The number of fused-ring (bicyclic) bond motifs is 1. The van der Waals surface area contributed by atoms with Crippen LogP contribution in [0.15, 0.2) is 73.1 Å². The van der Waals surface area contributed by atoms with E-state index in [1.54, 1.807) is 0 Å². The SMILES string of the molecule is CNCCOCCOCCOc1ccc(-c2ccc(-c3cnc4ccccc4n3)cc2)cn1. The van der Waals surface area contributed by atoms with Gasteiger partial charge in [-0.15, -0.1) is 0 Å². The lowest BCUT2D eigenvalue weighted by Crippen LogP contribution is -2.17. The Labute approximate surface area is 193 Å². The minimum Gasteiger partial charge on any atom is -0.475 e. The predicted octanol–water partition coefficient (Wildman–Crippen LogP) is 3.99. The fraction of sp³-hybridized carbons (Fsp3) is 0.269. The molecule has 0 unspecified atom stereocenters. The van der Waals surface area contributed by atoms with Gasteiger partial charge in [-0.25, -0.2) is 9.97 Å². The molecule has 0 saturated carbocycles. The number of rotatable bonds is 12. The highest BCUT2D eigenvalue weighted by Crippen LogP contribution is 2.25. The van der Waals surface area contributed by atoms with Crippen LogP contribution in [0, 0.1) is 0 Å². The molecule has 2 aromatic heterocycles. The van der Waals surface area contributed by atoms with Crippen molar-refractivity contribution >= 4 is 11.0 Å². The summed E-state index contributed by atoms with van der Waals surface area (Å²) in [6.45, 7) is 3.62. The van der Waals surface area contributed by atoms with Gasteiger partial charge in [0.25, 0.3) is 0 Å². The second kappa shape index (κ2) is 12.0. The normalized spacial score (nSPS) is 11.1. The van der Waals surface area contributed by atoms with Crippen LogP contribution in [0.2, 0.25) is 0 Å². The fourth-order valence-corrected chi connectivity index (χ4v) is 3.27. The Morgan fingerprint density at radius 1 is 0.667 bits per heavy atom. The topological polar surface area (TPSA) is 78.4 Å². The summed E-state index contributed by atoms with van der Waals surface area (Å²) in [5.74, 6) is 0.579. The number of benzene rings is 2. The average Bonchev–Trinajstić information content (AvgIpc) is 2.88. The van der Waals surface area contributed by atoms with Gasteiger partial charge in [-0.2, -0.15) is 0 Å². The predicted molar refractivity (Wildman–Crippen MR) is 129 cm³/mol. The zero-order valence-corrected chi connectivity index (χ0v) is 18.7. The lowest BCUT2D eigenvalue weighted by Gasteiger charge is -2.08. The van der Waals surface area contributed by atoms with Gasteiger partial charge in [0.15, 0.2) is 0 Å². The molecule has 0 bridgehead atoms. The number of likely N-dealkylation sites (N-methyl/N-ethyl adjacent to an activating group) is 1. The van der Waals surface area contributed by atoms with Gasteiger partial charge in [0.1, 0.15) is 6.61 Å². The lowest BCUT2D eigenvalue weighted by atomic mass is 10.0. The van der Waals surface area contributed by atoms with E-state index in [1.807, 2.05) is 55.8 Å². The average molecular weight is 445 g/mol. The van der Waals surface area contributed by atoms with Crippen molar-refractivity contribution in [2.45, 2.75) is 0 Å². The number of para-hydroxylation sites is 2. The first kappa shape index (κ1) is 22.8. The Balaban J connectivity index is 1.26. The molecular formula is C26H28N4O3. The van der Waals surface area contributed by atoms with Gasteiger partial charge in [0.2, 0.25) is 5.88 Å².